The fourth-order valence-electron chi connectivity index (χ4n) is 3.99. The first-order valence-corrected chi connectivity index (χ1v) is 10.5. The number of nitrogens with one attached hydrogen (secondary N) is 2. The molecule has 160 valence electrons. The van der Waals surface area contributed by atoms with Gasteiger partial charge in [-0.3, -0.25) is 9.59 Å². The summed E-state index contributed by atoms with van der Waals surface area (Å²) in [6, 6.07) is 15.9. The van der Waals surface area contributed by atoms with E-state index in [4.69, 9.17) is 0 Å². The van der Waals surface area contributed by atoms with E-state index < -0.39 is 18.0 Å². The van der Waals surface area contributed by atoms with Gasteiger partial charge in [0, 0.05) is 29.7 Å². The molecule has 0 aliphatic carbocycles. The van der Waals surface area contributed by atoms with Gasteiger partial charge in [-0.05, 0) is 44.0 Å². The lowest BCUT2D eigenvalue weighted by Crippen LogP contribution is -2.37. The SMILES string of the molecule is CC(C)n1cc(CCNC(=O)CC2NC(=O)N(c3ccccc3)C2=O)c2ccccc21. The summed E-state index contributed by atoms with van der Waals surface area (Å²) in [5.41, 5.74) is 2.85. The van der Waals surface area contributed by atoms with Crippen LogP contribution in [0.3, 0.4) is 0 Å². The average molecular weight is 418 g/mol. The number of amides is 4. The zero-order valence-corrected chi connectivity index (χ0v) is 17.7. The van der Waals surface area contributed by atoms with Gasteiger partial charge in [0.2, 0.25) is 5.91 Å². The summed E-state index contributed by atoms with van der Waals surface area (Å²) in [7, 11) is 0. The van der Waals surface area contributed by atoms with E-state index in [1.165, 1.54) is 16.5 Å². The number of imide groups is 1. The highest BCUT2D eigenvalue weighted by Gasteiger charge is 2.39. The standard InChI is InChI=1S/C24H26N4O3/c1-16(2)27-15-17(19-10-6-7-11-21(19)27)12-13-25-22(29)14-20-23(30)28(24(31)26-20)18-8-4-3-5-9-18/h3-11,15-16,20H,12-14H2,1-2H3,(H,25,29)(H,26,31). The van der Waals surface area contributed by atoms with Gasteiger partial charge in [0.05, 0.1) is 12.1 Å². The van der Waals surface area contributed by atoms with E-state index in [1.54, 1.807) is 24.3 Å². The lowest BCUT2D eigenvalue weighted by Gasteiger charge is -2.12. The summed E-state index contributed by atoms with van der Waals surface area (Å²) < 4.78 is 2.23. The average Bonchev–Trinajstić information content (AvgIpc) is 3.26. The fraction of sp³-hybridized carbons (Fsp3) is 0.292. The monoisotopic (exact) mass is 418 g/mol. The second-order valence-corrected chi connectivity index (χ2v) is 7.99. The lowest BCUT2D eigenvalue weighted by molar-refractivity contribution is -0.125. The summed E-state index contributed by atoms with van der Waals surface area (Å²) in [5.74, 6) is -0.674. The number of anilines is 1. The van der Waals surface area contributed by atoms with Crippen molar-refractivity contribution in [2.24, 2.45) is 0 Å². The molecule has 1 atom stereocenters. The smallest absolute Gasteiger partial charge is 0.329 e. The molecule has 1 aliphatic rings. The van der Waals surface area contributed by atoms with Crippen LogP contribution in [0.5, 0.6) is 0 Å². The molecule has 1 fully saturated rings. The minimum Gasteiger partial charge on any atom is -0.356 e. The Morgan fingerprint density at radius 1 is 1.06 bits per heavy atom. The second kappa shape index (κ2) is 8.63. The molecule has 2 N–H and O–H groups in total. The molecule has 1 saturated heterocycles. The zero-order valence-electron chi connectivity index (χ0n) is 17.7. The number of rotatable bonds is 7. The third-order valence-electron chi connectivity index (χ3n) is 5.52. The predicted molar refractivity (Wildman–Crippen MR) is 120 cm³/mol. The van der Waals surface area contributed by atoms with Gasteiger partial charge < -0.3 is 15.2 Å². The van der Waals surface area contributed by atoms with Crippen molar-refractivity contribution in [3.8, 4) is 0 Å². The van der Waals surface area contributed by atoms with Gasteiger partial charge in [0.15, 0.2) is 0 Å². The molecular formula is C24H26N4O3. The number of para-hydroxylation sites is 2. The number of urea groups is 1. The molecule has 2 aromatic carbocycles. The van der Waals surface area contributed by atoms with E-state index in [0.29, 0.717) is 24.7 Å². The quantitative estimate of drug-likeness (QED) is 0.577. The first kappa shape index (κ1) is 20.7. The predicted octanol–water partition coefficient (Wildman–Crippen LogP) is 3.40. The molecule has 4 amide bonds. The number of hydrogen-bond acceptors (Lipinski definition) is 3. The summed E-state index contributed by atoms with van der Waals surface area (Å²) in [4.78, 5) is 38.3. The highest BCUT2D eigenvalue weighted by molar-refractivity contribution is 6.22. The first-order valence-electron chi connectivity index (χ1n) is 10.5. The molecule has 31 heavy (non-hydrogen) atoms. The van der Waals surface area contributed by atoms with Gasteiger partial charge in [-0.1, -0.05) is 36.4 Å². The zero-order chi connectivity index (χ0) is 22.0. The van der Waals surface area contributed by atoms with Crippen LogP contribution in [0.4, 0.5) is 10.5 Å². The molecule has 3 aromatic rings. The van der Waals surface area contributed by atoms with Crippen LogP contribution in [0, 0.1) is 0 Å². The Morgan fingerprint density at radius 3 is 2.52 bits per heavy atom. The van der Waals surface area contributed by atoms with Crippen LogP contribution in [0.2, 0.25) is 0 Å². The van der Waals surface area contributed by atoms with Gasteiger partial charge >= 0.3 is 6.03 Å². The molecule has 7 nitrogen and oxygen atoms in total. The Balaban J connectivity index is 1.35. The number of nitrogens with zero attached hydrogens (tertiary/aromatic N) is 2. The molecule has 1 aromatic heterocycles. The van der Waals surface area contributed by atoms with E-state index in [9.17, 15) is 14.4 Å². The van der Waals surface area contributed by atoms with E-state index in [1.807, 2.05) is 18.2 Å². The molecule has 0 bridgehead atoms. The third kappa shape index (κ3) is 4.17. The normalized spacial score (nSPS) is 16.2. The lowest BCUT2D eigenvalue weighted by atomic mass is 10.1. The van der Waals surface area contributed by atoms with Crippen molar-refractivity contribution in [1.29, 1.82) is 0 Å². The maximum atomic E-state index is 12.6. The van der Waals surface area contributed by atoms with Crippen LogP contribution in [0.15, 0.2) is 60.8 Å². The largest absolute Gasteiger partial charge is 0.356 e. The number of carbonyl (C=O) groups is 3. The number of benzene rings is 2. The summed E-state index contributed by atoms with van der Waals surface area (Å²) >= 11 is 0. The molecule has 4 rings (SSSR count). The molecule has 0 spiro atoms. The van der Waals surface area contributed by atoms with Crippen LogP contribution in [0.25, 0.3) is 10.9 Å². The molecule has 7 heteroatoms. The third-order valence-corrected chi connectivity index (χ3v) is 5.52. The van der Waals surface area contributed by atoms with E-state index >= 15 is 0 Å². The maximum absolute atomic E-state index is 12.6. The Bertz CT molecular complexity index is 1120. The Labute approximate surface area is 181 Å². The van der Waals surface area contributed by atoms with Crippen LogP contribution in [0.1, 0.15) is 31.9 Å². The molecular weight excluding hydrogens is 392 g/mol. The van der Waals surface area contributed by atoms with Gasteiger partial charge in [0.1, 0.15) is 6.04 Å². The Hall–Kier alpha value is -3.61. The minimum absolute atomic E-state index is 0.0817. The summed E-state index contributed by atoms with van der Waals surface area (Å²) in [5, 5.41) is 6.67. The summed E-state index contributed by atoms with van der Waals surface area (Å²) in [6.45, 7) is 4.75. The highest BCUT2D eigenvalue weighted by Crippen LogP contribution is 2.25. The van der Waals surface area contributed by atoms with E-state index in [-0.39, 0.29) is 12.3 Å². The van der Waals surface area contributed by atoms with Crippen LogP contribution >= 0.6 is 0 Å². The van der Waals surface area contributed by atoms with E-state index in [0.717, 1.165) is 4.90 Å². The van der Waals surface area contributed by atoms with Crippen LogP contribution < -0.4 is 15.5 Å². The van der Waals surface area contributed by atoms with Crippen LogP contribution in [-0.4, -0.2) is 35.0 Å². The van der Waals surface area contributed by atoms with Crippen molar-refractivity contribution in [3.63, 3.8) is 0 Å². The number of hydrogen-bond donors (Lipinski definition) is 2. The van der Waals surface area contributed by atoms with Gasteiger partial charge in [-0.25, -0.2) is 9.69 Å². The van der Waals surface area contributed by atoms with Crippen molar-refractivity contribution >= 4 is 34.4 Å². The topological polar surface area (TPSA) is 83.4 Å². The molecule has 1 unspecified atom stereocenters. The number of fused-ring (bicyclic) bond motifs is 1. The van der Waals surface area contributed by atoms with Gasteiger partial charge in [-0.2, -0.15) is 0 Å². The maximum Gasteiger partial charge on any atom is 0.329 e. The number of carbonyl (C=O) groups excluding carboxylic acids is 3. The fourth-order valence-corrected chi connectivity index (χ4v) is 3.99. The van der Waals surface area contributed by atoms with Crippen molar-refractivity contribution in [2.75, 3.05) is 11.4 Å². The molecule has 0 saturated carbocycles. The highest BCUT2D eigenvalue weighted by atomic mass is 16.2. The first-order chi connectivity index (χ1) is 15.0. The van der Waals surface area contributed by atoms with Crippen LogP contribution in [-0.2, 0) is 16.0 Å². The Kier molecular flexibility index (Phi) is 5.75. The molecule has 0 radical (unpaired) electrons. The number of aromatic nitrogens is 1. The molecule has 2 heterocycles. The van der Waals surface area contributed by atoms with Crippen molar-refractivity contribution in [1.82, 2.24) is 15.2 Å². The minimum atomic E-state index is -0.851. The van der Waals surface area contributed by atoms with Crippen molar-refractivity contribution in [3.05, 3.63) is 66.4 Å². The van der Waals surface area contributed by atoms with Gasteiger partial charge in [0.25, 0.3) is 5.91 Å². The van der Waals surface area contributed by atoms with Crippen molar-refractivity contribution in [2.45, 2.75) is 38.8 Å². The molecule has 1 aliphatic heterocycles. The second-order valence-electron chi connectivity index (χ2n) is 7.99. The van der Waals surface area contributed by atoms with Crippen molar-refractivity contribution < 1.29 is 14.4 Å². The summed E-state index contributed by atoms with van der Waals surface area (Å²) in [6.07, 6.45) is 2.74. The van der Waals surface area contributed by atoms with E-state index in [2.05, 4.69) is 47.4 Å². The van der Waals surface area contributed by atoms with Gasteiger partial charge in [-0.15, -0.1) is 0 Å². The Morgan fingerprint density at radius 2 is 1.77 bits per heavy atom.